The van der Waals surface area contributed by atoms with E-state index in [9.17, 15) is 9.90 Å². The molecule has 1 aliphatic carbocycles. The third-order valence-corrected chi connectivity index (χ3v) is 3.59. The molecule has 5 nitrogen and oxygen atoms in total. The smallest absolute Gasteiger partial charge is 0.227 e. The minimum absolute atomic E-state index is 0.0227. The van der Waals surface area contributed by atoms with E-state index in [0.29, 0.717) is 32.5 Å². The van der Waals surface area contributed by atoms with Crippen LogP contribution in [0.25, 0.3) is 0 Å². The molecule has 1 fully saturated rings. The molecule has 0 aromatic heterocycles. The Bertz CT molecular complexity index is 311. The summed E-state index contributed by atoms with van der Waals surface area (Å²) in [6, 6.07) is -0.0227. The molecule has 0 radical (unpaired) electrons. The molecule has 0 aromatic rings. The lowest BCUT2D eigenvalue weighted by molar-refractivity contribution is -0.127. The van der Waals surface area contributed by atoms with E-state index < -0.39 is 5.54 Å². The van der Waals surface area contributed by atoms with Gasteiger partial charge in [-0.05, 0) is 19.3 Å². The molecule has 1 amide bonds. The van der Waals surface area contributed by atoms with Gasteiger partial charge >= 0.3 is 0 Å². The molecule has 2 unspecified atom stereocenters. The standard InChI is InChI=1S/C12H20N2O3/c13-10-2-1-9(7-10)11(16)14-12(8-15)3-5-17-6-4-12/h1-2,9-10,15H,3-8,13H2,(H,14,16). The molecule has 2 rings (SSSR count). The van der Waals surface area contributed by atoms with Gasteiger partial charge in [-0.15, -0.1) is 0 Å². The molecule has 2 atom stereocenters. The first kappa shape index (κ1) is 12.5. The molecule has 1 saturated heterocycles. The first-order chi connectivity index (χ1) is 8.15. The predicted octanol–water partition coefficient (Wildman–Crippen LogP) is -0.453. The van der Waals surface area contributed by atoms with Crippen LogP contribution in [0.15, 0.2) is 12.2 Å². The van der Waals surface area contributed by atoms with Crippen molar-refractivity contribution in [3.63, 3.8) is 0 Å². The van der Waals surface area contributed by atoms with Crippen molar-refractivity contribution in [2.45, 2.75) is 30.8 Å². The zero-order chi connectivity index (χ0) is 12.3. The van der Waals surface area contributed by atoms with Gasteiger partial charge < -0.3 is 20.9 Å². The normalized spacial score (nSPS) is 31.4. The van der Waals surface area contributed by atoms with E-state index in [2.05, 4.69) is 5.32 Å². The van der Waals surface area contributed by atoms with Crippen LogP contribution in [0.4, 0.5) is 0 Å². The number of carbonyl (C=O) groups is 1. The fraction of sp³-hybridized carbons (Fsp3) is 0.750. The maximum atomic E-state index is 12.1. The number of amides is 1. The summed E-state index contributed by atoms with van der Waals surface area (Å²) in [4.78, 5) is 12.1. The van der Waals surface area contributed by atoms with Gasteiger partial charge in [0.15, 0.2) is 0 Å². The van der Waals surface area contributed by atoms with Crippen LogP contribution in [-0.2, 0) is 9.53 Å². The largest absolute Gasteiger partial charge is 0.394 e. The van der Waals surface area contributed by atoms with Gasteiger partial charge in [0.25, 0.3) is 0 Å². The molecule has 0 saturated carbocycles. The van der Waals surface area contributed by atoms with E-state index >= 15 is 0 Å². The van der Waals surface area contributed by atoms with Crippen LogP contribution < -0.4 is 11.1 Å². The summed E-state index contributed by atoms with van der Waals surface area (Å²) in [7, 11) is 0. The van der Waals surface area contributed by atoms with E-state index in [-0.39, 0.29) is 24.5 Å². The number of aliphatic hydroxyl groups is 1. The van der Waals surface area contributed by atoms with E-state index in [4.69, 9.17) is 10.5 Å². The molecular weight excluding hydrogens is 220 g/mol. The predicted molar refractivity (Wildman–Crippen MR) is 63.2 cm³/mol. The van der Waals surface area contributed by atoms with Crippen LogP contribution in [0.3, 0.4) is 0 Å². The summed E-state index contributed by atoms with van der Waals surface area (Å²) in [5.74, 6) is -0.193. The highest BCUT2D eigenvalue weighted by Crippen LogP contribution is 2.23. The van der Waals surface area contributed by atoms with Gasteiger partial charge in [0, 0.05) is 19.3 Å². The molecule has 0 spiro atoms. The van der Waals surface area contributed by atoms with Gasteiger partial charge in [0.2, 0.25) is 5.91 Å². The summed E-state index contributed by atoms with van der Waals surface area (Å²) >= 11 is 0. The Morgan fingerprint density at radius 3 is 2.71 bits per heavy atom. The van der Waals surface area contributed by atoms with Crippen LogP contribution in [0.5, 0.6) is 0 Å². The average molecular weight is 240 g/mol. The molecule has 0 aromatic carbocycles. The van der Waals surface area contributed by atoms with E-state index in [1.165, 1.54) is 0 Å². The van der Waals surface area contributed by atoms with Crippen LogP contribution in [0.2, 0.25) is 0 Å². The molecule has 96 valence electrons. The number of carbonyl (C=O) groups excluding carboxylic acids is 1. The molecule has 1 aliphatic heterocycles. The Kier molecular flexibility index (Phi) is 3.81. The zero-order valence-electron chi connectivity index (χ0n) is 9.89. The van der Waals surface area contributed by atoms with Gasteiger partial charge in [-0.3, -0.25) is 4.79 Å². The maximum absolute atomic E-state index is 12.1. The summed E-state index contributed by atoms with van der Waals surface area (Å²) in [5, 5.41) is 12.4. The topological polar surface area (TPSA) is 84.6 Å². The molecule has 1 heterocycles. The summed E-state index contributed by atoms with van der Waals surface area (Å²) in [6.45, 7) is 1.13. The van der Waals surface area contributed by atoms with E-state index in [0.717, 1.165) is 0 Å². The number of nitrogens with one attached hydrogen (secondary N) is 1. The number of hydrogen-bond acceptors (Lipinski definition) is 4. The second-order valence-electron chi connectivity index (χ2n) is 4.93. The van der Waals surface area contributed by atoms with Gasteiger partial charge in [0.1, 0.15) is 0 Å². The highest BCUT2D eigenvalue weighted by Gasteiger charge is 2.35. The van der Waals surface area contributed by atoms with Gasteiger partial charge in [0.05, 0.1) is 18.1 Å². The van der Waals surface area contributed by atoms with Gasteiger partial charge in [-0.1, -0.05) is 12.2 Å². The summed E-state index contributed by atoms with van der Waals surface area (Å²) in [5.41, 5.74) is 5.22. The SMILES string of the molecule is NC1C=CC(C(=O)NC2(CO)CCOCC2)C1. The molecule has 5 heteroatoms. The molecule has 4 N–H and O–H groups in total. The second-order valence-corrected chi connectivity index (χ2v) is 4.93. The average Bonchev–Trinajstić information content (AvgIpc) is 2.77. The Morgan fingerprint density at radius 1 is 1.47 bits per heavy atom. The van der Waals surface area contributed by atoms with Crippen LogP contribution >= 0.6 is 0 Å². The van der Waals surface area contributed by atoms with Crippen LogP contribution in [0, 0.1) is 5.92 Å². The van der Waals surface area contributed by atoms with Crippen molar-refractivity contribution in [3.05, 3.63) is 12.2 Å². The fourth-order valence-corrected chi connectivity index (χ4v) is 2.36. The maximum Gasteiger partial charge on any atom is 0.227 e. The third kappa shape index (κ3) is 2.86. The van der Waals surface area contributed by atoms with Crippen molar-refractivity contribution < 1.29 is 14.6 Å². The summed E-state index contributed by atoms with van der Waals surface area (Å²) < 4.78 is 5.25. The minimum atomic E-state index is -0.504. The van der Waals surface area contributed by atoms with Crippen molar-refractivity contribution >= 4 is 5.91 Å². The first-order valence-corrected chi connectivity index (χ1v) is 6.10. The molecule has 17 heavy (non-hydrogen) atoms. The minimum Gasteiger partial charge on any atom is -0.394 e. The summed E-state index contributed by atoms with van der Waals surface area (Å²) in [6.07, 6.45) is 5.70. The second kappa shape index (κ2) is 5.16. The Morgan fingerprint density at radius 2 is 2.18 bits per heavy atom. The zero-order valence-corrected chi connectivity index (χ0v) is 9.89. The quantitative estimate of drug-likeness (QED) is 0.583. The number of hydrogen-bond donors (Lipinski definition) is 3. The van der Waals surface area contributed by atoms with Crippen molar-refractivity contribution in [1.29, 1.82) is 0 Å². The van der Waals surface area contributed by atoms with Crippen LogP contribution in [0.1, 0.15) is 19.3 Å². The number of rotatable bonds is 3. The van der Waals surface area contributed by atoms with Crippen LogP contribution in [-0.4, -0.2) is 42.4 Å². The van der Waals surface area contributed by atoms with Gasteiger partial charge in [-0.25, -0.2) is 0 Å². The van der Waals surface area contributed by atoms with Crippen molar-refractivity contribution in [2.75, 3.05) is 19.8 Å². The lowest BCUT2D eigenvalue weighted by atomic mass is 9.90. The first-order valence-electron chi connectivity index (χ1n) is 6.10. The monoisotopic (exact) mass is 240 g/mol. The Balaban J connectivity index is 1.94. The van der Waals surface area contributed by atoms with E-state index in [1.807, 2.05) is 12.2 Å². The number of nitrogens with two attached hydrogens (primary N) is 1. The molecule has 2 aliphatic rings. The number of ether oxygens (including phenoxy) is 1. The Labute approximate surface area is 101 Å². The highest BCUT2D eigenvalue weighted by atomic mass is 16.5. The fourth-order valence-electron chi connectivity index (χ4n) is 2.36. The van der Waals surface area contributed by atoms with Crippen molar-refractivity contribution in [2.24, 2.45) is 11.7 Å². The van der Waals surface area contributed by atoms with Crippen molar-refractivity contribution in [3.8, 4) is 0 Å². The third-order valence-electron chi connectivity index (χ3n) is 3.59. The highest BCUT2D eigenvalue weighted by molar-refractivity contribution is 5.81. The lowest BCUT2D eigenvalue weighted by Gasteiger charge is -2.37. The van der Waals surface area contributed by atoms with Crippen molar-refractivity contribution in [1.82, 2.24) is 5.32 Å². The Hall–Kier alpha value is -0.910. The molecular formula is C12H20N2O3. The lowest BCUT2D eigenvalue weighted by Crippen LogP contribution is -2.55. The number of aliphatic hydroxyl groups excluding tert-OH is 1. The molecule has 0 bridgehead atoms. The van der Waals surface area contributed by atoms with Gasteiger partial charge in [-0.2, -0.15) is 0 Å². The van der Waals surface area contributed by atoms with E-state index in [1.54, 1.807) is 0 Å².